The number of hydrogen-bond donors (Lipinski definition) is 2. The number of nitrogen functional groups attached to an aromatic ring is 1. The lowest BCUT2D eigenvalue weighted by molar-refractivity contribution is 0.0937. The molecule has 0 saturated heterocycles. The van der Waals surface area contributed by atoms with Gasteiger partial charge in [0.05, 0.1) is 24.6 Å². The normalized spacial score (nSPS) is 10.4. The van der Waals surface area contributed by atoms with E-state index in [4.69, 9.17) is 10.3 Å². The number of nitrogens with one attached hydrogen (secondary N) is 1. The molecule has 0 atom stereocenters. The molecule has 0 unspecified atom stereocenters. The van der Waals surface area contributed by atoms with Crippen molar-refractivity contribution in [1.82, 2.24) is 20.3 Å². The number of carbonyl (C=O) groups is 1. The molecule has 0 saturated carbocycles. The summed E-state index contributed by atoms with van der Waals surface area (Å²) in [5.74, 6) is 0.303. The first-order valence-electron chi connectivity index (χ1n) is 5.21. The highest BCUT2D eigenvalue weighted by Crippen LogP contribution is 2.10. The van der Waals surface area contributed by atoms with E-state index in [9.17, 15) is 4.79 Å². The van der Waals surface area contributed by atoms with E-state index < -0.39 is 0 Å². The molecule has 2 rings (SSSR count). The third-order valence-electron chi connectivity index (χ3n) is 2.30. The number of nitrogens with two attached hydrogens (primary N) is 1. The minimum Gasteiger partial charge on any atom is -0.396 e. The molecular formula is C10H13N5O2. The Morgan fingerprint density at radius 3 is 3.12 bits per heavy atom. The molecule has 1 amide bonds. The summed E-state index contributed by atoms with van der Waals surface area (Å²) in [6.07, 6.45) is 2.99. The molecular weight excluding hydrogens is 222 g/mol. The Morgan fingerprint density at radius 2 is 2.47 bits per heavy atom. The summed E-state index contributed by atoms with van der Waals surface area (Å²) in [5.41, 5.74) is 6.42. The van der Waals surface area contributed by atoms with Gasteiger partial charge in [-0.3, -0.25) is 9.48 Å². The van der Waals surface area contributed by atoms with Crippen molar-refractivity contribution in [2.24, 2.45) is 0 Å². The summed E-state index contributed by atoms with van der Waals surface area (Å²) in [4.78, 5) is 11.9. The zero-order valence-electron chi connectivity index (χ0n) is 9.38. The van der Waals surface area contributed by atoms with E-state index in [0.717, 1.165) is 0 Å². The van der Waals surface area contributed by atoms with Crippen LogP contribution in [0.2, 0.25) is 0 Å². The van der Waals surface area contributed by atoms with Crippen LogP contribution >= 0.6 is 0 Å². The van der Waals surface area contributed by atoms with Gasteiger partial charge in [-0.15, -0.1) is 0 Å². The van der Waals surface area contributed by atoms with Crippen molar-refractivity contribution < 1.29 is 9.32 Å². The fraction of sp³-hybridized carbons (Fsp3) is 0.300. The average molecular weight is 235 g/mol. The van der Waals surface area contributed by atoms with Crippen molar-refractivity contribution in [3.8, 4) is 0 Å². The van der Waals surface area contributed by atoms with E-state index in [2.05, 4.69) is 15.6 Å². The highest BCUT2D eigenvalue weighted by Gasteiger charge is 2.15. The zero-order valence-corrected chi connectivity index (χ0v) is 9.38. The van der Waals surface area contributed by atoms with Crippen LogP contribution in [0.3, 0.4) is 0 Å². The maximum Gasteiger partial charge on any atom is 0.272 e. The van der Waals surface area contributed by atoms with Crippen LogP contribution in [0.15, 0.2) is 23.0 Å². The predicted octanol–water partition coefficient (Wildman–Crippen LogP) is 0.403. The van der Waals surface area contributed by atoms with Crippen LogP contribution in [-0.4, -0.2) is 20.8 Å². The predicted molar refractivity (Wildman–Crippen MR) is 60.0 cm³/mol. The molecule has 0 aromatic carbocycles. The zero-order chi connectivity index (χ0) is 12.3. The van der Waals surface area contributed by atoms with Gasteiger partial charge >= 0.3 is 0 Å². The monoisotopic (exact) mass is 235 g/mol. The maximum atomic E-state index is 11.9. The van der Waals surface area contributed by atoms with Crippen molar-refractivity contribution >= 4 is 11.6 Å². The Kier molecular flexibility index (Phi) is 3.08. The Hall–Kier alpha value is -2.31. The van der Waals surface area contributed by atoms with Gasteiger partial charge in [0, 0.05) is 12.6 Å². The standard InChI is InChI=1S/C10H13N5O2/c1-2-15-9(8(11)6-13-15)10(16)12-5-7-3-4-14-17-7/h3-4,6H,2,5,11H2,1H3,(H,12,16). The first kappa shape index (κ1) is 11.2. The number of aryl methyl sites for hydroxylation is 1. The van der Waals surface area contributed by atoms with Crippen molar-refractivity contribution in [3.05, 3.63) is 29.9 Å². The summed E-state index contributed by atoms with van der Waals surface area (Å²) in [5, 5.41) is 10.2. The molecule has 0 bridgehead atoms. The second kappa shape index (κ2) is 4.69. The van der Waals surface area contributed by atoms with Crippen LogP contribution in [0.4, 0.5) is 5.69 Å². The van der Waals surface area contributed by atoms with E-state index in [0.29, 0.717) is 23.7 Å². The summed E-state index contributed by atoms with van der Waals surface area (Å²) in [7, 11) is 0. The molecule has 2 aromatic rings. The molecule has 0 aliphatic carbocycles. The third kappa shape index (κ3) is 2.27. The molecule has 7 heteroatoms. The Labute approximate surface area is 97.6 Å². The number of aromatic nitrogens is 3. The Morgan fingerprint density at radius 1 is 1.65 bits per heavy atom. The second-order valence-electron chi connectivity index (χ2n) is 3.43. The molecule has 90 valence electrons. The maximum absolute atomic E-state index is 11.9. The Balaban J connectivity index is 2.06. The van der Waals surface area contributed by atoms with E-state index in [1.807, 2.05) is 6.92 Å². The molecule has 0 aliphatic heterocycles. The summed E-state index contributed by atoms with van der Waals surface area (Å²) in [6.45, 7) is 2.75. The first-order chi connectivity index (χ1) is 8.22. The molecule has 17 heavy (non-hydrogen) atoms. The van der Waals surface area contributed by atoms with Gasteiger partial charge in [-0.2, -0.15) is 5.10 Å². The van der Waals surface area contributed by atoms with Gasteiger partial charge in [-0.25, -0.2) is 0 Å². The summed E-state index contributed by atoms with van der Waals surface area (Å²) in [6, 6.07) is 1.68. The second-order valence-corrected chi connectivity index (χ2v) is 3.43. The van der Waals surface area contributed by atoms with Crippen LogP contribution in [0.25, 0.3) is 0 Å². The van der Waals surface area contributed by atoms with Crippen LogP contribution in [-0.2, 0) is 13.1 Å². The molecule has 0 fully saturated rings. The number of amides is 1. The van der Waals surface area contributed by atoms with Crippen LogP contribution < -0.4 is 11.1 Å². The average Bonchev–Trinajstić information content (AvgIpc) is 2.94. The first-order valence-corrected chi connectivity index (χ1v) is 5.21. The third-order valence-corrected chi connectivity index (χ3v) is 2.30. The molecule has 0 radical (unpaired) electrons. The van der Waals surface area contributed by atoms with E-state index >= 15 is 0 Å². The van der Waals surface area contributed by atoms with E-state index in [1.165, 1.54) is 12.4 Å². The van der Waals surface area contributed by atoms with Gasteiger partial charge in [-0.05, 0) is 6.92 Å². The van der Waals surface area contributed by atoms with Gasteiger partial charge < -0.3 is 15.6 Å². The summed E-state index contributed by atoms with van der Waals surface area (Å²) < 4.78 is 6.42. The fourth-order valence-corrected chi connectivity index (χ4v) is 1.47. The van der Waals surface area contributed by atoms with Gasteiger partial charge in [-0.1, -0.05) is 5.16 Å². The minimum atomic E-state index is -0.279. The molecule has 7 nitrogen and oxygen atoms in total. The molecule has 3 N–H and O–H groups in total. The minimum absolute atomic E-state index is 0.271. The van der Waals surface area contributed by atoms with Crippen molar-refractivity contribution in [2.75, 3.05) is 5.73 Å². The number of anilines is 1. The lowest BCUT2D eigenvalue weighted by Gasteiger charge is -2.05. The van der Waals surface area contributed by atoms with Crippen LogP contribution in [0, 0.1) is 0 Å². The number of rotatable bonds is 4. The number of nitrogens with zero attached hydrogens (tertiary/aromatic N) is 3. The van der Waals surface area contributed by atoms with Crippen LogP contribution in [0.1, 0.15) is 23.2 Å². The van der Waals surface area contributed by atoms with E-state index in [-0.39, 0.29) is 12.5 Å². The van der Waals surface area contributed by atoms with Gasteiger partial charge in [0.2, 0.25) is 0 Å². The van der Waals surface area contributed by atoms with Gasteiger partial charge in [0.15, 0.2) is 5.76 Å². The van der Waals surface area contributed by atoms with Crippen molar-refractivity contribution in [3.63, 3.8) is 0 Å². The van der Waals surface area contributed by atoms with Crippen molar-refractivity contribution in [1.29, 1.82) is 0 Å². The molecule has 2 heterocycles. The quantitative estimate of drug-likeness (QED) is 0.799. The summed E-state index contributed by atoms with van der Waals surface area (Å²) >= 11 is 0. The lowest BCUT2D eigenvalue weighted by atomic mass is 10.3. The SMILES string of the molecule is CCn1ncc(N)c1C(=O)NCc1ccno1. The lowest BCUT2D eigenvalue weighted by Crippen LogP contribution is -2.26. The Bertz CT molecular complexity index is 503. The number of carbonyl (C=O) groups excluding carboxylic acids is 1. The smallest absolute Gasteiger partial charge is 0.272 e. The fourth-order valence-electron chi connectivity index (χ4n) is 1.47. The highest BCUT2D eigenvalue weighted by molar-refractivity contribution is 5.97. The van der Waals surface area contributed by atoms with Gasteiger partial charge in [0.1, 0.15) is 5.69 Å². The van der Waals surface area contributed by atoms with E-state index in [1.54, 1.807) is 10.7 Å². The largest absolute Gasteiger partial charge is 0.396 e. The number of hydrogen-bond acceptors (Lipinski definition) is 5. The highest BCUT2D eigenvalue weighted by atomic mass is 16.5. The topological polar surface area (TPSA) is 99.0 Å². The van der Waals surface area contributed by atoms with Gasteiger partial charge in [0.25, 0.3) is 5.91 Å². The molecule has 0 aliphatic rings. The molecule has 0 spiro atoms. The molecule has 2 aromatic heterocycles. The van der Waals surface area contributed by atoms with Crippen LogP contribution in [0.5, 0.6) is 0 Å². The van der Waals surface area contributed by atoms with Crippen molar-refractivity contribution in [2.45, 2.75) is 20.0 Å².